The Labute approximate surface area is 136 Å². The molecule has 1 heterocycles. The van der Waals surface area contributed by atoms with Crippen molar-refractivity contribution in [2.75, 3.05) is 4.57 Å². The molecule has 0 spiro atoms. The van der Waals surface area contributed by atoms with Gasteiger partial charge in [-0.1, -0.05) is 63.7 Å². The predicted octanol–water partition coefficient (Wildman–Crippen LogP) is 5.48. The van der Waals surface area contributed by atoms with Gasteiger partial charge in [-0.2, -0.15) is 0 Å². The quantitative estimate of drug-likeness (QED) is 0.534. The number of allylic oxidation sites excluding steroid dienone is 2. The van der Waals surface area contributed by atoms with Crippen molar-refractivity contribution >= 4 is 19.8 Å². The lowest BCUT2D eigenvalue weighted by atomic mass is 9.96. The van der Waals surface area contributed by atoms with Gasteiger partial charge < -0.3 is 4.57 Å². The number of hydrogen-bond donors (Lipinski definition) is 0. The number of para-hydroxylation sites is 1. The fourth-order valence-corrected chi connectivity index (χ4v) is 5.07. The summed E-state index contributed by atoms with van der Waals surface area (Å²) >= 11 is 0. The first-order valence-electron chi connectivity index (χ1n) is 8.13. The molecule has 1 aliphatic rings. The Morgan fingerprint density at radius 2 is 1.82 bits per heavy atom. The molecule has 120 valence electrons. The summed E-state index contributed by atoms with van der Waals surface area (Å²) in [6.45, 7) is 15.6. The minimum absolute atomic E-state index is 0.0137. The molecule has 2 nitrogen and oxygen atoms in total. The van der Waals surface area contributed by atoms with Crippen LogP contribution in [-0.2, 0) is 4.79 Å². The van der Waals surface area contributed by atoms with Crippen LogP contribution in [0.3, 0.4) is 0 Å². The van der Waals surface area contributed by atoms with Crippen molar-refractivity contribution in [3.8, 4) is 0 Å². The Morgan fingerprint density at radius 1 is 1.23 bits per heavy atom. The Kier molecular flexibility index (Phi) is 4.40. The summed E-state index contributed by atoms with van der Waals surface area (Å²) in [7, 11) is -1.92. The van der Waals surface area contributed by atoms with Crippen LogP contribution in [0.15, 0.2) is 35.9 Å². The second-order valence-electron chi connectivity index (χ2n) is 8.11. The first-order chi connectivity index (χ1) is 10.1. The molecular weight excluding hydrogens is 286 g/mol. The van der Waals surface area contributed by atoms with Crippen LogP contribution < -0.4 is 4.57 Å². The number of anilines is 1. The lowest BCUT2D eigenvalue weighted by Gasteiger charge is -2.44. The van der Waals surface area contributed by atoms with Crippen molar-refractivity contribution in [1.82, 2.24) is 0 Å². The molecule has 0 radical (unpaired) electrons. The highest BCUT2D eigenvalue weighted by Gasteiger charge is 2.50. The molecule has 1 aliphatic heterocycles. The van der Waals surface area contributed by atoms with Gasteiger partial charge in [0.25, 0.3) is 0 Å². The minimum atomic E-state index is -1.92. The zero-order valence-electron chi connectivity index (χ0n) is 15.0. The van der Waals surface area contributed by atoms with Gasteiger partial charge in [-0.05, 0) is 36.9 Å². The van der Waals surface area contributed by atoms with E-state index < -0.39 is 8.24 Å². The summed E-state index contributed by atoms with van der Waals surface area (Å²) < 4.78 is 2.17. The maximum Gasteiger partial charge on any atom is 0.227 e. The molecule has 1 aromatic carbocycles. The second kappa shape index (κ2) is 5.69. The summed E-state index contributed by atoms with van der Waals surface area (Å²) in [4.78, 5) is 13.2. The van der Waals surface area contributed by atoms with Crippen LogP contribution in [0.2, 0.25) is 18.1 Å². The van der Waals surface area contributed by atoms with E-state index in [1.165, 1.54) is 11.1 Å². The van der Waals surface area contributed by atoms with Crippen molar-refractivity contribution in [3.05, 3.63) is 41.5 Å². The Morgan fingerprint density at radius 3 is 2.36 bits per heavy atom. The zero-order chi connectivity index (χ0) is 16.7. The fourth-order valence-electron chi connectivity index (χ4n) is 2.89. The smallest absolute Gasteiger partial charge is 0.227 e. The van der Waals surface area contributed by atoms with E-state index in [1.807, 2.05) is 0 Å². The number of hydrogen-bond acceptors (Lipinski definition) is 1. The van der Waals surface area contributed by atoms with E-state index >= 15 is 0 Å². The Bertz CT molecular complexity index is 606. The van der Waals surface area contributed by atoms with Crippen LogP contribution in [0.5, 0.6) is 0 Å². The van der Waals surface area contributed by atoms with E-state index in [1.54, 1.807) is 0 Å². The van der Waals surface area contributed by atoms with E-state index in [0.717, 1.165) is 12.1 Å². The summed E-state index contributed by atoms with van der Waals surface area (Å²) in [5, 5.41) is 0.140. The molecule has 0 saturated heterocycles. The Hall–Kier alpha value is -1.35. The molecule has 0 N–H and O–H groups in total. The molecule has 0 fully saturated rings. The first-order valence-corrected chi connectivity index (χ1v) is 11.1. The monoisotopic (exact) mass is 315 g/mol. The van der Waals surface area contributed by atoms with Crippen molar-refractivity contribution in [2.24, 2.45) is 0 Å². The predicted molar refractivity (Wildman–Crippen MR) is 97.9 cm³/mol. The van der Waals surface area contributed by atoms with Gasteiger partial charge in [0.1, 0.15) is 0 Å². The number of carbonyl (C=O) groups is 1. The molecule has 1 aromatic rings. The number of benzene rings is 1. The molecule has 0 aromatic heterocycles. The highest BCUT2D eigenvalue weighted by atomic mass is 28.3. The van der Waals surface area contributed by atoms with Gasteiger partial charge in [-0.25, -0.2) is 0 Å². The van der Waals surface area contributed by atoms with Gasteiger partial charge in [-0.3, -0.25) is 4.79 Å². The summed E-state index contributed by atoms with van der Waals surface area (Å²) in [6.07, 6.45) is 3.00. The van der Waals surface area contributed by atoms with Gasteiger partial charge in [0, 0.05) is 5.69 Å². The SMILES string of the molecule is CC(C)=CCC1C(=O)N([Si](C)(C)C(C)(C)C)c2ccccc21. The normalized spacial score (nSPS) is 18.4. The van der Waals surface area contributed by atoms with Crippen LogP contribution in [-0.4, -0.2) is 14.1 Å². The highest BCUT2D eigenvalue weighted by Crippen LogP contribution is 2.48. The maximum atomic E-state index is 13.2. The molecule has 1 unspecified atom stereocenters. The standard InChI is InChI=1S/C19H29NOSi/c1-14(2)12-13-16-15-10-8-9-11-17(15)20(18(16)21)22(6,7)19(3,4)5/h8-12,16H,13H2,1-7H3. The van der Waals surface area contributed by atoms with E-state index in [4.69, 9.17) is 0 Å². The van der Waals surface area contributed by atoms with Crippen LogP contribution >= 0.6 is 0 Å². The van der Waals surface area contributed by atoms with E-state index in [0.29, 0.717) is 5.91 Å². The molecular formula is C19H29NOSi. The third-order valence-electron chi connectivity index (χ3n) is 5.23. The van der Waals surface area contributed by atoms with Crippen molar-refractivity contribution < 1.29 is 4.79 Å². The van der Waals surface area contributed by atoms with E-state index in [2.05, 4.69) is 82.6 Å². The van der Waals surface area contributed by atoms with Crippen molar-refractivity contribution in [1.29, 1.82) is 0 Å². The zero-order valence-corrected chi connectivity index (χ0v) is 16.0. The molecule has 2 rings (SSSR count). The molecule has 1 atom stereocenters. The molecule has 0 aliphatic carbocycles. The van der Waals surface area contributed by atoms with Gasteiger partial charge in [0.15, 0.2) is 8.24 Å². The van der Waals surface area contributed by atoms with Crippen LogP contribution in [0.4, 0.5) is 5.69 Å². The minimum Gasteiger partial charge on any atom is -0.339 e. The number of carbonyl (C=O) groups excluding carboxylic acids is 1. The third-order valence-corrected chi connectivity index (χ3v) is 10.5. The lowest BCUT2D eigenvalue weighted by Crippen LogP contribution is -2.57. The molecule has 0 bridgehead atoms. The fraction of sp³-hybridized carbons (Fsp3) is 0.526. The lowest BCUT2D eigenvalue weighted by molar-refractivity contribution is -0.118. The molecule has 0 saturated carbocycles. The average molecular weight is 316 g/mol. The summed E-state index contributed by atoms with van der Waals surface area (Å²) in [5.74, 6) is 0.283. The summed E-state index contributed by atoms with van der Waals surface area (Å²) in [5.41, 5.74) is 3.62. The number of amides is 1. The second-order valence-corrected chi connectivity index (χ2v) is 13.2. The molecule has 22 heavy (non-hydrogen) atoms. The van der Waals surface area contributed by atoms with Gasteiger partial charge in [-0.15, -0.1) is 0 Å². The highest BCUT2D eigenvalue weighted by molar-refractivity contribution is 6.87. The Balaban J connectivity index is 2.51. The van der Waals surface area contributed by atoms with E-state index in [9.17, 15) is 4.79 Å². The van der Waals surface area contributed by atoms with Gasteiger partial charge >= 0.3 is 0 Å². The summed E-state index contributed by atoms with van der Waals surface area (Å²) in [6, 6.07) is 8.35. The van der Waals surface area contributed by atoms with Crippen LogP contribution in [0.1, 0.15) is 52.5 Å². The topological polar surface area (TPSA) is 20.3 Å². The van der Waals surface area contributed by atoms with Crippen molar-refractivity contribution in [3.63, 3.8) is 0 Å². The van der Waals surface area contributed by atoms with Crippen molar-refractivity contribution in [2.45, 2.75) is 65.1 Å². The van der Waals surface area contributed by atoms with Gasteiger partial charge in [0.2, 0.25) is 5.91 Å². The largest absolute Gasteiger partial charge is 0.339 e. The van der Waals surface area contributed by atoms with Gasteiger partial charge in [0.05, 0.1) is 5.92 Å². The van der Waals surface area contributed by atoms with Crippen LogP contribution in [0.25, 0.3) is 0 Å². The number of fused-ring (bicyclic) bond motifs is 1. The first kappa shape index (κ1) is 17.0. The third kappa shape index (κ3) is 2.79. The molecule has 3 heteroatoms. The molecule has 1 amide bonds. The number of rotatable bonds is 3. The van der Waals surface area contributed by atoms with Crippen LogP contribution in [0, 0.1) is 0 Å². The van der Waals surface area contributed by atoms with E-state index in [-0.39, 0.29) is 11.0 Å². The number of nitrogens with zero attached hydrogens (tertiary/aromatic N) is 1. The average Bonchev–Trinajstić information content (AvgIpc) is 2.67. The maximum absolute atomic E-state index is 13.2.